The molecule has 0 bridgehead atoms. The van der Waals surface area contributed by atoms with E-state index < -0.39 is 5.92 Å². The lowest BCUT2D eigenvalue weighted by molar-refractivity contribution is 0.0149. The van der Waals surface area contributed by atoms with Crippen molar-refractivity contribution in [3.63, 3.8) is 0 Å². The van der Waals surface area contributed by atoms with Crippen molar-refractivity contribution in [2.75, 3.05) is 13.7 Å². The van der Waals surface area contributed by atoms with E-state index in [0.29, 0.717) is 13.0 Å². The van der Waals surface area contributed by atoms with Crippen molar-refractivity contribution in [2.45, 2.75) is 26.2 Å². The van der Waals surface area contributed by atoms with E-state index in [0.717, 1.165) is 18.1 Å². The van der Waals surface area contributed by atoms with Crippen LogP contribution in [-0.2, 0) is 12.3 Å². The molecular weight excluding hydrogens is 212 g/mol. The minimum Gasteiger partial charge on any atom is -0.496 e. The molecule has 1 aromatic carbocycles. The van der Waals surface area contributed by atoms with Crippen molar-refractivity contribution in [3.8, 4) is 5.75 Å². The number of nitrogens with two attached hydrogens (primary N) is 1. The zero-order valence-corrected chi connectivity index (χ0v) is 9.81. The second-order valence-corrected chi connectivity index (χ2v) is 3.87. The third-order valence-corrected chi connectivity index (χ3v) is 2.57. The van der Waals surface area contributed by atoms with Crippen LogP contribution in [-0.4, -0.2) is 13.7 Å². The van der Waals surface area contributed by atoms with E-state index in [9.17, 15) is 8.78 Å². The zero-order valence-electron chi connectivity index (χ0n) is 9.81. The summed E-state index contributed by atoms with van der Waals surface area (Å²) in [6, 6.07) is 3.09. The maximum atomic E-state index is 13.3. The van der Waals surface area contributed by atoms with Gasteiger partial charge in [-0.1, -0.05) is 6.07 Å². The number of aryl methyl sites for hydroxylation is 1. The van der Waals surface area contributed by atoms with Gasteiger partial charge in [0.15, 0.2) is 0 Å². The van der Waals surface area contributed by atoms with Gasteiger partial charge in [-0.3, -0.25) is 0 Å². The van der Waals surface area contributed by atoms with Crippen LogP contribution in [0.1, 0.15) is 23.6 Å². The molecule has 16 heavy (non-hydrogen) atoms. The Balaban J connectivity index is 3.37. The van der Waals surface area contributed by atoms with Crippen molar-refractivity contribution in [1.29, 1.82) is 0 Å². The highest BCUT2D eigenvalue weighted by atomic mass is 19.3. The highest BCUT2D eigenvalue weighted by molar-refractivity contribution is 5.48. The Labute approximate surface area is 94.4 Å². The second-order valence-electron chi connectivity index (χ2n) is 3.87. The van der Waals surface area contributed by atoms with E-state index in [1.807, 2.05) is 6.92 Å². The maximum Gasteiger partial charge on any atom is 0.274 e. The first-order valence-electron chi connectivity index (χ1n) is 5.16. The van der Waals surface area contributed by atoms with Gasteiger partial charge in [0.1, 0.15) is 5.75 Å². The highest BCUT2D eigenvalue weighted by Gasteiger charge is 2.30. The fourth-order valence-corrected chi connectivity index (χ4v) is 1.76. The predicted molar refractivity (Wildman–Crippen MR) is 60.1 cm³/mol. The molecule has 0 aliphatic rings. The molecular formula is C12H17F2NO. The van der Waals surface area contributed by atoms with Crippen molar-refractivity contribution in [3.05, 3.63) is 28.8 Å². The molecule has 0 fully saturated rings. The van der Waals surface area contributed by atoms with E-state index >= 15 is 0 Å². The summed E-state index contributed by atoms with van der Waals surface area (Å²) >= 11 is 0. The average molecular weight is 229 g/mol. The highest BCUT2D eigenvalue weighted by Crippen LogP contribution is 2.37. The lowest BCUT2D eigenvalue weighted by atomic mass is 9.97. The second kappa shape index (κ2) is 4.78. The number of ether oxygens (including phenoxy) is 1. The minimum absolute atomic E-state index is 0.0796. The molecule has 0 amide bonds. The van der Waals surface area contributed by atoms with Crippen molar-refractivity contribution in [2.24, 2.45) is 5.73 Å². The van der Waals surface area contributed by atoms with Gasteiger partial charge in [0.05, 0.1) is 12.7 Å². The smallest absolute Gasteiger partial charge is 0.274 e. The molecule has 0 radical (unpaired) electrons. The van der Waals surface area contributed by atoms with Gasteiger partial charge in [0.25, 0.3) is 5.92 Å². The number of halogens is 2. The third-order valence-electron chi connectivity index (χ3n) is 2.57. The Bertz CT molecular complexity index is 372. The molecule has 0 aliphatic heterocycles. The van der Waals surface area contributed by atoms with Crippen LogP contribution in [0.3, 0.4) is 0 Å². The van der Waals surface area contributed by atoms with Gasteiger partial charge in [-0.25, -0.2) is 8.78 Å². The fraction of sp³-hybridized carbons (Fsp3) is 0.500. The Hall–Kier alpha value is -1.16. The molecule has 1 aromatic rings. The molecule has 2 N–H and O–H groups in total. The van der Waals surface area contributed by atoms with Crippen LogP contribution >= 0.6 is 0 Å². The maximum absolute atomic E-state index is 13.3. The Morgan fingerprint density at radius 2 is 2.00 bits per heavy atom. The number of methoxy groups -OCH3 is 1. The normalized spacial score (nSPS) is 11.6. The van der Waals surface area contributed by atoms with Crippen LogP contribution in [0.4, 0.5) is 8.78 Å². The monoisotopic (exact) mass is 229 g/mol. The summed E-state index contributed by atoms with van der Waals surface area (Å²) in [6.07, 6.45) is 0.541. The van der Waals surface area contributed by atoms with E-state index in [2.05, 4.69) is 0 Å². The summed E-state index contributed by atoms with van der Waals surface area (Å²) in [7, 11) is 1.41. The standard InChI is InChI=1S/C12H17F2NO/c1-8-4-5-10(12(2,13)14)11(16-3)9(8)6-7-15/h4-5H,6-7,15H2,1-3H3. The molecule has 0 unspecified atom stereocenters. The minimum atomic E-state index is -2.90. The molecule has 0 atom stereocenters. The van der Waals surface area contributed by atoms with Gasteiger partial charge in [-0.05, 0) is 37.1 Å². The molecule has 0 saturated carbocycles. The van der Waals surface area contributed by atoms with Gasteiger partial charge < -0.3 is 10.5 Å². The van der Waals surface area contributed by atoms with E-state index in [1.165, 1.54) is 13.2 Å². The predicted octanol–water partition coefficient (Wildman–Crippen LogP) is 2.62. The summed E-state index contributed by atoms with van der Waals surface area (Å²) < 4.78 is 31.8. The van der Waals surface area contributed by atoms with Gasteiger partial charge >= 0.3 is 0 Å². The van der Waals surface area contributed by atoms with Gasteiger partial charge in [-0.2, -0.15) is 0 Å². The first-order valence-corrected chi connectivity index (χ1v) is 5.16. The molecule has 0 heterocycles. The van der Waals surface area contributed by atoms with Crippen molar-refractivity contribution >= 4 is 0 Å². The van der Waals surface area contributed by atoms with Crippen LogP contribution in [0, 0.1) is 6.92 Å². The van der Waals surface area contributed by atoms with Crippen LogP contribution in [0.2, 0.25) is 0 Å². The van der Waals surface area contributed by atoms with Gasteiger partial charge in [0.2, 0.25) is 0 Å². The quantitative estimate of drug-likeness (QED) is 0.861. The van der Waals surface area contributed by atoms with Gasteiger partial charge in [-0.15, -0.1) is 0 Å². The largest absolute Gasteiger partial charge is 0.496 e. The molecule has 2 nitrogen and oxygen atoms in total. The molecule has 0 aliphatic carbocycles. The number of rotatable bonds is 4. The fourth-order valence-electron chi connectivity index (χ4n) is 1.76. The summed E-state index contributed by atoms with van der Waals surface area (Å²) in [5, 5.41) is 0. The van der Waals surface area contributed by atoms with E-state index in [-0.39, 0.29) is 11.3 Å². The first kappa shape index (κ1) is 12.9. The van der Waals surface area contributed by atoms with Crippen LogP contribution in [0.15, 0.2) is 12.1 Å². The lowest BCUT2D eigenvalue weighted by Crippen LogP contribution is -2.13. The third kappa shape index (κ3) is 2.50. The molecule has 0 saturated heterocycles. The Kier molecular flexibility index (Phi) is 3.86. The SMILES string of the molecule is COc1c(C(C)(F)F)ccc(C)c1CCN. The lowest BCUT2D eigenvalue weighted by Gasteiger charge is -2.19. The Morgan fingerprint density at radius 3 is 2.44 bits per heavy atom. The average Bonchev–Trinajstić information content (AvgIpc) is 2.19. The van der Waals surface area contributed by atoms with Crippen LogP contribution < -0.4 is 10.5 Å². The topological polar surface area (TPSA) is 35.2 Å². The van der Waals surface area contributed by atoms with Crippen molar-refractivity contribution < 1.29 is 13.5 Å². The molecule has 90 valence electrons. The van der Waals surface area contributed by atoms with Crippen LogP contribution in [0.25, 0.3) is 0 Å². The van der Waals surface area contributed by atoms with Crippen molar-refractivity contribution in [1.82, 2.24) is 0 Å². The first-order chi connectivity index (χ1) is 7.41. The number of hydrogen-bond donors (Lipinski definition) is 1. The van der Waals surface area contributed by atoms with Crippen LogP contribution in [0.5, 0.6) is 5.75 Å². The Morgan fingerprint density at radius 1 is 1.38 bits per heavy atom. The summed E-state index contributed by atoms with van der Waals surface area (Å²) in [5.74, 6) is -2.64. The summed E-state index contributed by atoms with van der Waals surface area (Å²) in [4.78, 5) is 0. The van der Waals surface area contributed by atoms with Gasteiger partial charge in [0, 0.05) is 6.92 Å². The van der Waals surface area contributed by atoms with E-state index in [4.69, 9.17) is 10.5 Å². The zero-order chi connectivity index (χ0) is 12.3. The molecule has 0 aromatic heterocycles. The number of benzene rings is 1. The van der Waals surface area contributed by atoms with E-state index in [1.54, 1.807) is 6.07 Å². The molecule has 1 rings (SSSR count). The summed E-state index contributed by atoms with van der Waals surface area (Å²) in [6.45, 7) is 3.15. The molecule has 4 heteroatoms. The number of hydrogen-bond acceptors (Lipinski definition) is 2. The summed E-state index contributed by atoms with van der Waals surface area (Å²) in [5.41, 5.74) is 7.08. The molecule has 0 spiro atoms. The number of alkyl halides is 2.